The highest BCUT2D eigenvalue weighted by molar-refractivity contribution is 6.29. The quantitative estimate of drug-likeness (QED) is 0.804. The van der Waals surface area contributed by atoms with Gasteiger partial charge in [0.25, 0.3) is 5.91 Å². The molecule has 0 unspecified atom stereocenters. The number of hydrogen-bond donors (Lipinski definition) is 2. The summed E-state index contributed by atoms with van der Waals surface area (Å²) in [4.78, 5) is 11.1. The summed E-state index contributed by atoms with van der Waals surface area (Å²) in [5, 5.41) is 13.4. The third-order valence-corrected chi connectivity index (χ3v) is 1.72. The van der Waals surface area contributed by atoms with Crippen molar-refractivity contribution < 1.29 is 4.79 Å². The number of hydrogen-bond acceptors (Lipinski definition) is 4. The largest absolute Gasteiger partial charge is 0.364 e. The maximum Gasteiger partial charge on any atom is 0.271 e. The topological polar surface area (TPSA) is 66.9 Å². The van der Waals surface area contributed by atoms with Crippen LogP contribution < -0.4 is 10.6 Å². The van der Waals surface area contributed by atoms with E-state index < -0.39 is 0 Å². The molecule has 80 valence electrons. The lowest BCUT2D eigenvalue weighted by atomic mass is 10.3. The van der Waals surface area contributed by atoms with E-state index in [0.717, 1.165) is 0 Å². The molecule has 0 radical (unpaired) electrons. The van der Waals surface area contributed by atoms with Crippen LogP contribution in [0, 0.1) is 0 Å². The van der Waals surface area contributed by atoms with Crippen molar-refractivity contribution >= 4 is 23.3 Å². The zero-order valence-electron chi connectivity index (χ0n) is 8.25. The lowest BCUT2D eigenvalue weighted by molar-refractivity contribution is 0.0957. The van der Waals surface area contributed by atoms with Gasteiger partial charge >= 0.3 is 0 Å². The molecule has 0 spiro atoms. The maximum absolute atomic E-state index is 11.1. The summed E-state index contributed by atoms with van der Waals surface area (Å²) < 4.78 is 0. The normalized spacial score (nSPS) is 9.47. The zero-order valence-corrected chi connectivity index (χ0v) is 9.01. The van der Waals surface area contributed by atoms with Gasteiger partial charge in [0.15, 0.2) is 5.69 Å². The first-order chi connectivity index (χ1) is 7.13. The van der Waals surface area contributed by atoms with Gasteiger partial charge in [0.2, 0.25) is 0 Å². The molecule has 2 N–H and O–H groups in total. The summed E-state index contributed by atoms with van der Waals surface area (Å²) in [6, 6.07) is 3.22. The van der Waals surface area contributed by atoms with E-state index in [1.165, 1.54) is 7.05 Å². The first-order valence-corrected chi connectivity index (χ1v) is 4.64. The molecule has 0 aliphatic carbocycles. The molecule has 15 heavy (non-hydrogen) atoms. The predicted octanol–water partition coefficient (Wildman–Crippen LogP) is 1.00. The van der Waals surface area contributed by atoms with E-state index in [9.17, 15) is 4.79 Å². The van der Waals surface area contributed by atoms with Crippen LogP contribution in [-0.2, 0) is 0 Å². The van der Waals surface area contributed by atoms with Crippen molar-refractivity contribution in [3.63, 3.8) is 0 Å². The van der Waals surface area contributed by atoms with Crippen molar-refractivity contribution in [2.45, 2.75) is 0 Å². The van der Waals surface area contributed by atoms with Gasteiger partial charge in [-0.05, 0) is 12.1 Å². The van der Waals surface area contributed by atoms with Crippen molar-refractivity contribution in [2.75, 3.05) is 18.9 Å². The van der Waals surface area contributed by atoms with Gasteiger partial charge in [0.1, 0.15) is 5.82 Å². The van der Waals surface area contributed by atoms with Crippen molar-refractivity contribution in [3.05, 3.63) is 29.4 Å². The smallest absolute Gasteiger partial charge is 0.271 e. The molecule has 1 rings (SSSR count). The van der Waals surface area contributed by atoms with Gasteiger partial charge in [0, 0.05) is 12.1 Å². The fraction of sp³-hybridized carbons (Fsp3) is 0.222. The summed E-state index contributed by atoms with van der Waals surface area (Å²) in [6.07, 6.45) is 0. The molecule has 1 aromatic rings. The van der Waals surface area contributed by atoms with Gasteiger partial charge in [-0.3, -0.25) is 4.79 Å². The zero-order chi connectivity index (χ0) is 11.3. The van der Waals surface area contributed by atoms with E-state index in [1.54, 1.807) is 12.1 Å². The lowest BCUT2D eigenvalue weighted by Gasteiger charge is -2.03. The molecule has 1 amide bonds. The molecule has 0 saturated carbocycles. The van der Waals surface area contributed by atoms with Crippen molar-refractivity contribution in [1.29, 1.82) is 0 Å². The van der Waals surface area contributed by atoms with Gasteiger partial charge in [-0.25, -0.2) is 0 Å². The fourth-order valence-corrected chi connectivity index (χ4v) is 0.929. The van der Waals surface area contributed by atoms with Gasteiger partial charge in [-0.15, -0.1) is 10.2 Å². The lowest BCUT2D eigenvalue weighted by Crippen LogP contribution is -2.19. The second-order valence-electron chi connectivity index (χ2n) is 2.75. The first kappa shape index (κ1) is 11.5. The number of carbonyl (C=O) groups excluding carboxylic acids is 1. The van der Waals surface area contributed by atoms with Gasteiger partial charge in [-0.1, -0.05) is 18.2 Å². The van der Waals surface area contributed by atoms with Crippen molar-refractivity contribution in [3.8, 4) is 0 Å². The van der Waals surface area contributed by atoms with E-state index in [4.69, 9.17) is 11.6 Å². The Kier molecular flexibility index (Phi) is 4.05. The van der Waals surface area contributed by atoms with Crippen molar-refractivity contribution in [1.82, 2.24) is 15.5 Å². The number of aromatic nitrogens is 2. The van der Waals surface area contributed by atoms with E-state index >= 15 is 0 Å². The molecular weight excluding hydrogens is 216 g/mol. The van der Waals surface area contributed by atoms with E-state index in [1.807, 2.05) is 0 Å². The maximum atomic E-state index is 11.1. The second kappa shape index (κ2) is 5.31. The molecule has 6 heteroatoms. The molecular formula is C9H11ClN4O. The first-order valence-electron chi connectivity index (χ1n) is 4.26. The minimum Gasteiger partial charge on any atom is -0.364 e. The van der Waals surface area contributed by atoms with Crippen LogP contribution in [-0.4, -0.2) is 29.7 Å². The standard InChI is InChI=1S/C9H11ClN4O/c1-6(10)5-12-8-4-3-7(13-14-8)9(15)11-2/h3-4H,1,5H2,2H3,(H,11,15)(H,12,14). The molecule has 0 bridgehead atoms. The van der Waals surface area contributed by atoms with Gasteiger partial charge in [0.05, 0.1) is 6.54 Å². The Morgan fingerprint density at radius 2 is 2.27 bits per heavy atom. The molecule has 1 aromatic heterocycles. The molecule has 0 atom stereocenters. The van der Waals surface area contributed by atoms with Crippen LogP contribution in [0.2, 0.25) is 0 Å². The van der Waals surface area contributed by atoms with Gasteiger partial charge in [-0.2, -0.15) is 0 Å². The van der Waals surface area contributed by atoms with Crippen LogP contribution in [0.4, 0.5) is 5.82 Å². The summed E-state index contributed by atoms with van der Waals surface area (Å²) in [5.41, 5.74) is 0.271. The van der Waals surface area contributed by atoms with E-state index in [0.29, 0.717) is 17.4 Å². The number of anilines is 1. The highest BCUT2D eigenvalue weighted by Crippen LogP contribution is 2.04. The number of amides is 1. The Labute approximate surface area is 92.5 Å². The summed E-state index contributed by atoms with van der Waals surface area (Å²) >= 11 is 5.56. The average molecular weight is 227 g/mol. The Balaban J connectivity index is 2.64. The van der Waals surface area contributed by atoms with E-state index in [-0.39, 0.29) is 11.6 Å². The molecule has 5 nitrogen and oxygen atoms in total. The van der Waals surface area contributed by atoms with Gasteiger partial charge < -0.3 is 10.6 Å². The SMILES string of the molecule is C=C(Cl)CNc1ccc(C(=O)NC)nn1. The minimum absolute atomic E-state index is 0.268. The number of nitrogens with one attached hydrogen (secondary N) is 2. The number of rotatable bonds is 4. The second-order valence-corrected chi connectivity index (χ2v) is 3.29. The Hall–Kier alpha value is -1.62. The average Bonchev–Trinajstić information content (AvgIpc) is 2.26. The van der Waals surface area contributed by atoms with Crippen LogP contribution in [0.25, 0.3) is 0 Å². The molecule has 1 heterocycles. The number of carbonyl (C=O) groups is 1. The monoisotopic (exact) mass is 226 g/mol. The van der Waals surface area contributed by atoms with Crippen LogP contribution in [0.1, 0.15) is 10.5 Å². The van der Waals surface area contributed by atoms with Crippen LogP contribution in [0.15, 0.2) is 23.7 Å². The molecule has 0 saturated heterocycles. The Morgan fingerprint density at radius 3 is 2.73 bits per heavy atom. The van der Waals surface area contributed by atoms with Crippen LogP contribution in [0.5, 0.6) is 0 Å². The fourth-order valence-electron chi connectivity index (χ4n) is 0.862. The summed E-state index contributed by atoms with van der Waals surface area (Å²) in [6.45, 7) is 3.93. The molecule has 0 aliphatic heterocycles. The highest BCUT2D eigenvalue weighted by atomic mass is 35.5. The molecule has 0 aromatic carbocycles. The number of halogens is 1. The van der Waals surface area contributed by atoms with Crippen molar-refractivity contribution in [2.24, 2.45) is 0 Å². The van der Waals surface area contributed by atoms with Crippen LogP contribution >= 0.6 is 11.6 Å². The molecule has 0 aliphatic rings. The summed E-state index contributed by atoms with van der Waals surface area (Å²) in [5.74, 6) is 0.278. The van der Waals surface area contributed by atoms with Crippen LogP contribution in [0.3, 0.4) is 0 Å². The minimum atomic E-state index is -0.268. The third kappa shape index (κ3) is 3.55. The predicted molar refractivity (Wildman–Crippen MR) is 58.9 cm³/mol. The summed E-state index contributed by atoms with van der Waals surface area (Å²) in [7, 11) is 1.54. The highest BCUT2D eigenvalue weighted by Gasteiger charge is 2.04. The Bertz CT molecular complexity index is 363. The Morgan fingerprint density at radius 1 is 1.53 bits per heavy atom. The van der Waals surface area contributed by atoms with E-state index in [2.05, 4.69) is 27.4 Å². The molecule has 0 fully saturated rings. The number of nitrogens with zero attached hydrogens (tertiary/aromatic N) is 2. The third-order valence-electron chi connectivity index (χ3n) is 1.59.